The molecule has 8 nitrogen and oxygen atoms in total. The molecule has 2 heterocycles. The monoisotopic (exact) mass is 695 g/mol. The van der Waals surface area contributed by atoms with Gasteiger partial charge in [-0.15, -0.1) is 0 Å². The number of benzene rings is 3. The topological polar surface area (TPSA) is 82.4 Å². The van der Waals surface area contributed by atoms with Crippen LogP contribution in [-0.4, -0.2) is 38.3 Å². The van der Waals surface area contributed by atoms with Gasteiger partial charge in [-0.1, -0.05) is 47.2 Å². The summed E-state index contributed by atoms with van der Waals surface area (Å²) in [6.45, 7) is 4.06. The highest BCUT2D eigenvalue weighted by molar-refractivity contribution is 9.10. The van der Waals surface area contributed by atoms with Crippen LogP contribution in [0.4, 0.5) is 5.69 Å². The van der Waals surface area contributed by atoms with Gasteiger partial charge in [-0.3, -0.25) is 9.36 Å². The van der Waals surface area contributed by atoms with Gasteiger partial charge in [0.1, 0.15) is 6.61 Å². The Bertz CT molecular complexity index is 1910. The van der Waals surface area contributed by atoms with E-state index in [9.17, 15) is 9.59 Å². The second kappa shape index (κ2) is 13.4. The zero-order valence-electron chi connectivity index (χ0n) is 24.9. The van der Waals surface area contributed by atoms with E-state index in [1.165, 1.54) is 11.3 Å². The molecule has 1 unspecified atom stereocenters. The molecule has 0 amide bonds. The summed E-state index contributed by atoms with van der Waals surface area (Å²) >= 11 is 10.9. The second-order valence-corrected chi connectivity index (χ2v) is 12.5. The maximum atomic E-state index is 14.0. The lowest BCUT2D eigenvalue weighted by Crippen LogP contribution is -2.39. The summed E-state index contributed by atoms with van der Waals surface area (Å²) in [6.07, 6.45) is 1.79. The molecular formula is C33H31BrClN3O5S. The number of nitrogens with zero attached hydrogens (tertiary/aromatic N) is 3. The van der Waals surface area contributed by atoms with E-state index in [1.807, 2.05) is 79.7 Å². The van der Waals surface area contributed by atoms with E-state index >= 15 is 0 Å². The van der Waals surface area contributed by atoms with Crippen molar-refractivity contribution in [1.82, 2.24) is 4.57 Å². The van der Waals surface area contributed by atoms with Crippen molar-refractivity contribution >= 4 is 56.6 Å². The summed E-state index contributed by atoms with van der Waals surface area (Å²) in [4.78, 5) is 34.4. The average molecular weight is 697 g/mol. The van der Waals surface area contributed by atoms with Crippen molar-refractivity contribution in [3.05, 3.63) is 118 Å². The zero-order chi connectivity index (χ0) is 31.5. The van der Waals surface area contributed by atoms with Gasteiger partial charge in [0.25, 0.3) is 5.56 Å². The minimum Gasteiger partial charge on any atom is -0.493 e. The highest BCUT2D eigenvalue weighted by Crippen LogP contribution is 2.37. The van der Waals surface area contributed by atoms with Crippen LogP contribution in [0, 0.1) is 0 Å². The highest BCUT2D eigenvalue weighted by atomic mass is 79.9. The maximum absolute atomic E-state index is 14.0. The number of rotatable bonds is 9. The Balaban J connectivity index is 1.57. The van der Waals surface area contributed by atoms with Crippen LogP contribution in [0.2, 0.25) is 5.02 Å². The van der Waals surface area contributed by atoms with Crippen LogP contribution in [0.15, 0.2) is 86.2 Å². The molecule has 228 valence electrons. The van der Waals surface area contributed by atoms with Gasteiger partial charge in [0.15, 0.2) is 16.3 Å². The number of aromatic nitrogens is 1. The largest absolute Gasteiger partial charge is 0.493 e. The van der Waals surface area contributed by atoms with E-state index in [4.69, 9.17) is 25.8 Å². The number of thiazole rings is 1. The van der Waals surface area contributed by atoms with Crippen molar-refractivity contribution in [3.63, 3.8) is 0 Å². The van der Waals surface area contributed by atoms with Gasteiger partial charge in [0, 0.05) is 24.8 Å². The molecule has 1 atom stereocenters. The number of anilines is 1. The summed E-state index contributed by atoms with van der Waals surface area (Å²) < 4.78 is 19.8. The SMILES string of the molecule is CCOC(=O)C1=C(C)N=c2s/c(=C\c3cc(Br)c(OCc4ccc(Cl)cc4)c(OC)c3)c(=O)n2C1c1ccc(N(C)C)cc1. The molecule has 44 heavy (non-hydrogen) atoms. The molecule has 0 fully saturated rings. The van der Waals surface area contributed by atoms with E-state index in [0.717, 1.165) is 22.4 Å². The van der Waals surface area contributed by atoms with E-state index in [-0.39, 0.29) is 12.2 Å². The summed E-state index contributed by atoms with van der Waals surface area (Å²) in [5, 5.41) is 0.656. The first-order valence-corrected chi connectivity index (χ1v) is 15.8. The Morgan fingerprint density at radius 2 is 1.84 bits per heavy atom. The number of carbonyl (C=O) groups excluding carboxylic acids is 1. The molecule has 0 saturated carbocycles. The van der Waals surface area contributed by atoms with Crippen LogP contribution >= 0.6 is 38.9 Å². The van der Waals surface area contributed by atoms with Crippen LogP contribution in [-0.2, 0) is 16.1 Å². The van der Waals surface area contributed by atoms with E-state index in [1.54, 1.807) is 31.6 Å². The fraction of sp³-hybridized carbons (Fsp3) is 0.242. The van der Waals surface area contributed by atoms with Crippen molar-refractivity contribution in [2.24, 2.45) is 4.99 Å². The highest BCUT2D eigenvalue weighted by Gasteiger charge is 2.33. The van der Waals surface area contributed by atoms with Crippen LogP contribution in [0.3, 0.4) is 0 Å². The first-order valence-electron chi connectivity index (χ1n) is 13.8. The van der Waals surface area contributed by atoms with Crippen molar-refractivity contribution in [1.29, 1.82) is 0 Å². The quantitative estimate of drug-likeness (QED) is 0.204. The first kappa shape index (κ1) is 31.6. The number of esters is 1. The molecule has 0 radical (unpaired) electrons. The minimum atomic E-state index is -0.687. The third-order valence-electron chi connectivity index (χ3n) is 7.09. The molecule has 0 N–H and O–H groups in total. The summed E-state index contributed by atoms with van der Waals surface area (Å²) in [7, 11) is 5.48. The predicted octanol–water partition coefficient (Wildman–Crippen LogP) is 5.87. The Labute approximate surface area is 272 Å². The third kappa shape index (κ3) is 6.47. The van der Waals surface area contributed by atoms with Crippen LogP contribution < -0.4 is 29.3 Å². The fourth-order valence-corrected chi connectivity index (χ4v) is 6.66. The number of hydrogen-bond acceptors (Lipinski definition) is 8. The molecule has 4 aromatic rings. The maximum Gasteiger partial charge on any atom is 0.338 e. The standard InChI is InChI=1S/C33H31BrClN3O5S/c1-6-42-32(40)28-19(2)36-33-38(29(28)22-9-13-24(14-10-22)37(3)4)31(39)27(44-33)17-21-15-25(34)30(26(16-21)41-5)43-18-20-7-11-23(35)12-8-20/h7-17,29H,6,18H2,1-5H3/b27-17-. The summed E-state index contributed by atoms with van der Waals surface area (Å²) in [6, 6.07) is 18.2. The van der Waals surface area contributed by atoms with Crippen LogP contribution in [0.25, 0.3) is 6.08 Å². The number of hydrogen-bond donors (Lipinski definition) is 0. The van der Waals surface area contributed by atoms with Crippen molar-refractivity contribution in [2.45, 2.75) is 26.5 Å². The van der Waals surface area contributed by atoms with E-state index in [0.29, 0.717) is 48.2 Å². The molecule has 5 rings (SSSR count). The van der Waals surface area contributed by atoms with E-state index in [2.05, 4.69) is 20.9 Å². The lowest BCUT2D eigenvalue weighted by molar-refractivity contribution is -0.139. The fourth-order valence-electron chi connectivity index (χ4n) is 4.91. The molecule has 11 heteroatoms. The molecule has 1 aliphatic rings. The van der Waals surface area contributed by atoms with Gasteiger partial charge in [-0.05, 0) is 88.9 Å². The Morgan fingerprint density at radius 1 is 1.14 bits per heavy atom. The second-order valence-electron chi connectivity index (χ2n) is 10.2. The number of halogens is 2. The molecule has 0 aliphatic carbocycles. The van der Waals surface area contributed by atoms with Crippen molar-refractivity contribution in [2.75, 3.05) is 32.7 Å². The van der Waals surface area contributed by atoms with Crippen LogP contribution in [0.5, 0.6) is 11.5 Å². The summed E-state index contributed by atoms with van der Waals surface area (Å²) in [5.41, 5.74) is 4.07. The molecule has 1 aromatic heterocycles. The van der Waals surface area contributed by atoms with Gasteiger partial charge >= 0.3 is 5.97 Å². The number of carbonyl (C=O) groups is 1. The van der Waals surface area contributed by atoms with Crippen molar-refractivity contribution in [3.8, 4) is 11.5 Å². The van der Waals surface area contributed by atoms with E-state index < -0.39 is 12.0 Å². The summed E-state index contributed by atoms with van der Waals surface area (Å²) in [5.74, 6) is 0.552. The lowest BCUT2D eigenvalue weighted by atomic mass is 9.95. The Morgan fingerprint density at radius 3 is 2.48 bits per heavy atom. The van der Waals surface area contributed by atoms with Gasteiger partial charge < -0.3 is 19.1 Å². The molecule has 1 aliphatic heterocycles. The number of allylic oxidation sites excluding steroid dienone is 1. The van der Waals surface area contributed by atoms with Crippen LogP contribution in [0.1, 0.15) is 36.6 Å². The van der Waals surface area contributed by atoms with Gasteiger partial charge in [0.2, 0.25) is 0 Å². The Kier molecular flexibility index (Phi) is 9.62. The molecule has 0 bridgehead atoms. The molecule has 0 spiro atoms. The normalized spacial score (nSPS) is 14.6. The lowest BCUT2D eigenvalue weighted by Gasteiger charge is -2.25. The predicted molar refractivity (Wildman–Crippen MR) is 178 cm³/mol. The van der Waals surface area contributed by atoms with Gasteiger partial charge in [-0.25, -0.2) is 9.79 Å². The molecule has 3 aromatic carbocycles. The van der Waals surface area contributed by atoms with Crippen molar-refractivity contribution < 1.29 is 19.0 Å². The number of methoxy groups -OCH3 is 1. The van der Waals surface area contributed by atoms with Gasteiger partial charge in [0.05, 0.1) is 40.0 Å². The Hall–Kier alpha value is -3.86. The first-order chi connectivity index (χ1) is 21.1. The van der Waals surface area contributed by atoms with Gasteiger partial charge in [-0.2, -0.15) is 0 Å². The molecule has 0 saturated heterocycles. The minimum absolute atomic E-state index is 0.211. The number of fused-ring (bicyclic) bond motifs is 1. The smallest absolute Gasteiger partial charge is 0.338 e. The average Bonchev–Trinajstić information content (AvgIpc) is 3.30. The molecular weight excluding hydrogens is 666 g/mol. The zero-order valence-corrected chi connectivity index (χ0v) is 28.0. The number of ether oxygens (including phenoxy) is 3. The third-order valence-corrected chi connectivity index (χ3v) is 8.91.